The standard InChI is InChI=1S/Au.Hg.In.Tm. The van der Waals surface area contributed by atoms with Crippen molar-refractivity contribution < 1.29 is 86.9 Å². The van der Waals surface area contributed by atoms with Crippen LogP contribution in [-0.2, 0) is 50.0 Å². The van der Waals surface area contributed by atoms with Gasteiger partial charge in [-0.15, -0.1) is 0 Å². The second kappa shape index (κ2) is 15.9. The van der Waals surface area contributed by atoms with Crippen LogP contribution in [0.2, 0.25) is 0 Å². The summed E-state index contributed by atoms with van der Waals surface area (Å²) >= 11 is 0. The Morgan fingerprint density at radius 1 is 1.00 bits per heavy atom. The van der Waals surface area contributed by atoms with Gasteiger partial charge >= 0.3 is 0 Å². The molecule has 4 heteroatoms. The Labute approximate surface area is 110 Å². The fourth-order valence-electron chi connectivity index (χ4n) is 0. The molecule has 0 aliphatic heterocycles. The van der Waals surface area contributed by atoms with Gasteiger partial charge in [0.25, 0.3) is 0 Å². The van der Waals surface area contributed by atoms with Crippen molar-refractivity contribution in [2.75, 3.05) is 0 Å². The molecule has 0 aromatic heterocycles. The Kier molecular flexibility index (Phi) is 99.2. The minimum Gasteiger partial charge on any atom is 0 e. The van der Waals surface area contributed by atoms with Crippen molar-refractivity contribution in [2.45, 2.75) is 0 Å². The molecule has 0 aliphatic carbocycles. The van der Waals surface area contributed by atoms with Gasteiger partial charge < -0.3 is 0 Å². The maximum Gasteiger partial charge on any atom is 0 e. The monoisotopic (exact) mass is 683 g/mol. The number of hydrogen-bond donors (Lipinski definition) is 0. The molecule has 0 atom stereocenters. The number of rotatable bonds is 0. The SMILES string of the molecule is [Au].[Hg].[In].[Tm]. The predicted molar refractivity (Wildman–Crippen MR) is 5.75 cm³/mol. The first-order valence-electron chi connectivity index (χ1n) is 0. The van der Waals surface area contributed by atoms with Gasteiger partial charge in [0.15, 0.2) is 0 Å². The summed E-state index contributed by atoms with van der Waals surface area (Å²) in [7, 11) is 0. The quantitative estimate of drug-likeness (QED) is 0.306. The Morgan fingerprint density at radius 2 is 1.00 bits per heavy atom. The van der Waals surface area contributed by atoms with Crippen molar-refractivity contribution in [1.82, 2.24) is 0 Å². The zero-order chi connectivity index (χ0) is 0. The molecule has 0 heterocycles. The van der Waals surface area contributed by atoms with E-state index >= 15 is 0 Å². The van der Waals surface area contributed by atoms with Gasteiger partial charge in [0.1, 0.15) is 0 Å². The van der Waals surface area contributed by atoms with Gasteiger partial charge in [-0.05, 0) is 0 Å². The van der Waals surface area contributed by atoms with Gasteiger partial charge in [-0.2, -0.15) is 0 Å². The van der Waals surface area contributed by atoms with Crippen LogP contribution in [0.4, 0.5) is 0 Å². The molecule has 0 rings (SSSR count). The Bertz CT molecular complexity index is 8.00. The largest absolute Gasteiger partial charge is 0 e. The molecule has 0 fully saturated rings. The third-order valence-corrected chi connectivity index (χ3v) is 0. The molecule has 0 saturated carbocycles. The van der Waals surface area contributed by atoms with Crippen molar-refractivity contribution in [3.63, 3.8) is 0 Å². The predicted octanol–water partition coefficient (Wildman–Crippen LogP) is -0.386. The molecule has 0 unspecified atom stereocenters. The molecule has 4 heavy (non-hydrogen) atoms. The summed E-state index contributed by atoms with van der Waals surface area (Å²) in [5.74, 6) is 0. The third-order valence-electron chi connectivity index (χ3n) is 0. The third kappa shape index (κ3) is 9.24. The van der Waals surface area contributed by atoms with E-state index in [2.05, 4.69) is 0 Å². The van der Waals surface area contributed by atoms with Crippen LogP contribution < -0.4 is 0 Å². The summed E-state index contributed by atoms with van der Waals surface area (Å²) in [5, 5.41) is 0. The molecular weight excluding hydrogens is 681 g/mol. The van der Waals surface area contributed by atoms with Crippen molar-refractivity contribution in [3.8, 4) is 0 Å². The molecule has 5 radical (unpaired) electrons. The summed E-state index contributed by atoms with van der Waals surface area (Å²) in [5.41, 5.74) is 0. The minimum atomic E-state index is 0. The molecule has 0 amide bonds. The van der Waals surface area contributed by atoms with Crippen molar-refractivity contribution in [1.29, 1.82) is 0 Å². The van der Waals surface area contributed by atoms with E-state index in [1.165, 1.54) is 0 Å². The van der Waals surface area contributed by atoms with Crippen molar-refractivity contribution in [3.05, 3.63) is 0 Å². The zero-order valence-corrected chi connectivity index (χ0v) is 14.6. The van der Waals surface area contributed by atoms with Crippen LogP contribution in [0.3, 0.4) is 0 Å². The molecular formula is AuHgInTm. The zero-order valence-electron chi connectivity index (χ0n) is 1.86. The van der Waals surface area contributed by atoms with Gasteiger partial charge in [0.05, 0.1) is 0 Å². The van der Waals surface area contributed by atoms with E-state index in [1.54, 1.807) is 0 Å². The molecule has 0 spiro atoms. The van der Waals surface area contributed by atoms with Gasteiger partial charge in [-0.25, -0.2) is 0 Å². The smallest absolute Gasteiger partial charge is 0 e. The van der Waals surface area contributed by atoms with Crippen LogP contribution in [-0.4, -0.2) is 25.8 Å². The van der Waals surface area contributed by atoms with E-state index in [9.17, 15) is 0 Å². The van der Waals surface area contributed by atoms with Crippen LogP contribution in [0.5, 0.6) is 0 Å². The first-order chi connectivity index (χ1) is 0. The van der Waals surface area contributed by atoms with Gasteiger partial charge in [-0.3, -0.25) is 0 Å². The summed E-state index contributed by atoms with van der Waals surface area (Å²) < 4.78 is 0. The Hall–Kier alpha value is 3.78. The van der Waals surface area contributed by atoms with Gasteiger partial charge in [0.2, 0.25) is 0 Å². The normalized spacial score (nSPS) is 0. The van der Waals surface area contributed by atoms with Crippen molar-refractivity contribution in [2.24, 2.45) is 0 Å². The first kappa shape index (κ1) is 25.0. The average Bonchev–Trinajstić information content (AvgIpc) is 0. The second-order valence-electron chi connectivity index (χ2n) is 0. The summed E-state index contributed by atoms with van der Waals surface area (Å²) in [6.07, 6.45) is 0. The maximum atomic E-state index is 0. The molecule has 0 aromatic carbocycles. The molecule has 0 aromatic rings. The van der Waals surface area contributed by atoms with E-state index < -0.39 is 0 Å². The first-order valence-corrected chi connectivity index (χ1v) is 0. The maximum absolute atomic E-state index is 0. The molecule has 0 nitrogen and oxygen atoms in total. The van der Waals surface area contributed by atoms with Crippen LogP contribution in [0.15, 0.2) is 0 Å². The minimum absolute atomic E-state index is 0. The van der Waals surface area contributed by atoms with E-state index in [4.69, 9.17) is 0 Å². The van der Waals surface area contributed by atoms with Crippen LogP contribution >= 0.6 is 0 Å². The summed E-state index contributed by atoms with van der Waals surface area (Å²) in [6, 6.07) is 0. The van der Waals surface area contributed by atoms with Crippen LogP contribution in [0, 0.1) is 36.9 Å². The van der Waals surface area contributed by atoms with E-state index in [0.29, 0.717) is 0 Å². The topological polar surface area (TPSA) is 0 Å². The van der Waals surface area contributed by atoms with Gasteiger partial charge in [-0.1, -0.05) is 0 Å². The van der Waals surface area contributed by atoms with Gasteiger partial charge in [0, 0.05) is 113 Å². The van der Waals surface area contributed by atoms with E-state index in [1.807, 2.05) is 0 Å². The fourth-order valence-corrected chi connectivity index (χ4v) is 0. The Balaban J connectivity index is 0. The molecule has 0 bridgehead atoms. The van der Waals surface area contributed by atoms with Crippen LogP contribution in [0.25, 0.3) is 0 Å². The molecule has 0 aliphatic rings. The number of hydrogen-bond acceptors (Lipinski definition) is 0. The molecule has 0 saturated heterocycles. The van der Waals surface area contributed by atoms with Crippen LogP contribution in [0.1, 0.15) is 0 Å². The summed E-state index contributed by atoms with van der Waals surface area (Å²) in [6.45, 7) is 0. The molecule has 29 valence electrons. The van der Waals surface area contributed by atoms with E-state index in [-0.39, 0.29) is 113 Å². The van der Waals surface area contributed by atoms with Crippen molar-refractivity contribution >= 4 is 25.8 Å². The van der Waals surface area contributed by atoms with E-state index in [0.717, 1.165) is 0 Å². The fraction of sp³-hybridized carbons (Fsp3) is 0. The average molecular weight is 681 g/mol. The molecule has 0 N–H and O–H groups in total. The summed E-state index contributed by atoms with van der Waals surface area (Å²) in [4.78, 5) is 0. The second-order valence-corrected chi connectivity index (χ2v) is 0. The Morgan fingerprint density at radius 3 is 1.00 bits per heavy atom.